The highest BCUT2D eigenvalue weighted by molar-refractivity contribution is 7.09. The van der Waals surface area contributed by atoms with Gasteiger partial charge in [-0.2, -0.15) is 0 Å². The number of thiazole rings is 1. The zero-order valence-electron chi connectivity index (χ0n) is 25.9. The second-order valence-corrected chi connectivity index (χ2v) is 14.5. The molecule has 0 aromatic carbocycles. The summed E-state index contributed by atoms with van der Waals surface area (Å²) in [6, 6.07) is -3.42. The summed E-state index contributed by atoms with van der Waals surface area (Å²) in [5.41, 5.74) is 4.62. The van der Waals surface area contributed by atoms with E-state index in [1.807, 2.05) is 53.8 Å². The summed E-state index contributed by atoms with van der Waals surface area (Å²) in [5, 5.41) is 11.5. The Morgan fingerprint density at radius 3 is 2.21 bits per heavy atom. The lowest BCUT2D eigenvalue weighted by Gasteiger charge is -2.37. The smallest absolute Gasteiger partial charge is 0.315 e. The van der Waals surface area contributed by atoms with Crippen LogP contribution in [0.1, 0.15) is 79.2 Å². The standard InChI is InChI=1S/C30H48N6O5S/c1-16(2)19-10-12-36(23(19)27(39)33-21(14-18-8-9-18)24(37)26(31)38)28(40)25(30(5,6)7)35-29(41)34-20(17(3)4)15-22-32-11-13-42-22/h11,13,16-21,23,25H,8-10,12,14-15H2,1-7H3,(H2,31,38)(H,33,39)(H2,34,35,41)/t19?,20-,21?,23+,25-/m1/s1. The van der Waals surface area contributed by atoms with Crippen molar-refractivity contribution in [1.29, 1.82) is 0 Å². The number of carbonyl (C=O) groups is 5. The molecule has 1 saturated heterocycles. The molecular formula is C30H48N6O5S. The van der Waals surface area contributed by atoms with Gasteiger partial charge in [0.15, 0.2) is 0 Å². The van der Waals surface area contributed by atoms with Crippen molar-refractivity contribution < 1.29 is 24.0 Å². The van der Waals surface area contributed by atoms with Gasteiger partial charge in [-0.05, 0) is 41.9 Å². The molecule has 0 bridgehead atoms. The van der Waals surface area contributed by atoms with Crippen LogP contribution in [-0.2, 0) is 25.6 Å². The van der Waals surface area contributed by atoms with Gasteiger partial charge in [-0.25, -0.2) is 9.78 Å². The quantitative estimate of drug-likeness (QED) is 0.253. The number of nitrogens with one attached hydrogen (secondary N) is 3. The first-order valence-electron chi connectivity index (χ1n) is 15.0. The van der Waals surface area contributed by atoms with Crippen molar-refractivity contribution in [2.75, 3.05) is 6.54 Å². The predicted octanol–water partition coefficient (Wildman–Crippen LogP) is 2.64. The Labute approximate surface area is 253 Å². The van der Waals surface area contributed by atoms with Crippen molar-refractivity contribution in [2.24, 2.45) is 34.8 Å². The van der Waals surface area contributed by atoms with E-state index in [2.05, 4.69) is 20.9 Å². The summed E-state index contributed by atoms with van der Waals surface area (Å²) in [4.78, 5) is 71.3. The van der Waals surface area contributed by atoms with E-state index in [0.717, 1.165) is 17.8 Å². The van der Waals surface area contributed by atoms with E-state index in [0.29, 0.717) is 25.8 Å². The Morgan fingerprint density at radius 1 is 1.05 bits per heavy atom. The van der Waals surface area contributed by atoms with E-state index in [1.54, 1.807) is 6.20 Å². The van der Waals surface area contributed by atoms with Crippen LogP contribution in [0.2, 0.25) is 0 Å². The number of Topliss-reactive ketones (excluding diaryl/α,β-unsaturated/α-hetero) is 1. The number of hydrogen-bond donors (Lipinski definition) is 4. The highest BCUT2D eigenvalue weighted by Crippen LogP contribution is 2.35. The van der Waals surface area contributed by atoms with Crippen LogP contribution in [0.5, 0.6) is 0 Å². The lowest BCUT2D eigenvalue weighted by molar-refractivity contribution is -0.144. The minimum atomic E-state index is -1.08. The number of urea groups is 1. The fourth-order valence-corrected chi connectivity index (χ4v) is 6.27. The fraction of sp³-hybridized carbons (Fsp3) is 0.733. The number of amides is 5. The summed E-state index contributed by atoms with van der Waals surface area (Å²) in [5.74, 6) is -2.42. The second-order valence-electron chi connectivity index (χ2n) is 13.5. The Morgan fingerprint density at radius 2 is 1.71 bits per heavy atom. The largest absolute Gasteiger partial charge is 0.363 e. The van der Waals surface area contributed by atoms with Crippen LogP contribution in [0, 0.1) is 29.1 Å². The molecule has 2 fully saturated rings. The van der Waals surface area contributed by atoms with Crippen molar-refractivity contribution in [3.8, 4) is 0 Å². The molecule has 1 aliphatic heterocycles. The molecule has 5 amide bonds. The Kier molecular flexibility index (Phi) is 11.1. The summed E-state index contributed by atoms with van der Waals surface area (Å²) < 4.78 is 0. The molecule has 0 radical (unpaired) electrons. The Hall–Kier alpha value is -3.02. The number of likely N-dealkylation sites (tertiary alicyclic amines) is 1. The first-order chi connectivity index (χ1) is 19.6. The first-order valence-corrected chi connectivity index (χ1v) is 15.9. The van der Waals surface area contributed by atoms with Gasteiger partial charge in [0, 0.05) is 30.6 Å². The van der Waals surface area contributed by atoms with E-state index in [4.69, 9.17) is 5.73 Å². The molecule has 2 unspecified atom stereocenters. The third-order valence-corrected chi connectivity index (χ3v) is 9.18. The third-order valence-electron chi connectivity index (χ3n) is 8.38. The van der Waals surface area contributed by atoms with Crippen molar-refractivity contribution in [2.45, 2.75) is 105 Å². The van der Waals surface area contributed by atoms with Crippen LogP contribution < -0.4 is 21.7 Å². The summed E-state index contributed by atoms with van der Waals surface area (Å²) in [6.45, 7) is 14.0. The SMILES string of the molecule is CC(C)C1CCN(C(=O)[C@@H](NC(=O)N[C@H](Cc2nccs2)C(C)C)C(C)(C)C)[C@@H]1C(=O)NC(CC1CC1)C(=O)C(N)=O. The molecule has 234 valence electrons. The number of aromatic nitrogens is 1. The van der Waals surface area contributed by atoms with Crippen LogP contribution in [-0.4, -0.2) is 70.1 Å². The van der Waals surface area contributed by atoms with E-state index >= 15 is 0 Å². The van der Waals surface area contributed by atoms with E-state index in [1.165, 1.54) is 16.2 Å². The maximum Gasteiger partial charge on any atom is 0.315 e. The van der Waals surface area contributed by atoms with Crippen molar-refractivity contribution in [1.82, 2.24) is 25.8 Å². The molecule has 1 aromatic heterocycles. The van der Waals surface area contributed by atoms with Crippen molar-refractivity contribution >= 4 is 40.9 Å². The van der Waals surface area contributed by atoms with Crippen LogP contribution in [0.3, 0.4) is 0 Å². The highest BCUT2D eigenvalue weighted by Gasteiger charge is 2.48. The van der Waals surface area contributed by atoms with Crippen LogP contribution in [0.4, 0.5) is 4.79 Å². The minimum absolute atomic E-state index is 0.0780. The number of ketones is 1. The van der Waals surface area contributed by atoms with Gasteiger partial charge < -0.3 is 26.6 Å². The number of nitrogens with zero attached hydrogens (tertiary/aromatic N) is 2. The fourth-order valence-electron chi connectivity index (χ4n) is 5.60. The lowest BCUT2D eigenvalue weighted by Crippen LogP contribution is -2.61. The molecule has 3 rings (SSSR count). The van der Waals surface area contributed by atoms with Crippen LogP contribution in [0.25, 0.3) is 0 Å². The van der Waals surface area contributed by atoms with Crippen LogP contribution >= 0.6 is 11.3 Å². The number of primary amides is 1. The molecule has 0 spiro atoms. The molecule has 2 aliphatic rings. The van der Waals surface area contributed by atoms with Gasteiger partial charge in [0.2, 0.25) is 17.6 Å². The molecule has 5 N–H and O–H groups in total. The van der Waals surface area contributed by atoms with Gasteiger partial charge >= 0.3 is 6.03 Å². The average Bonchev–Trinajstić information content (AvgIpc) is 3.35. The summed E-state index contributed by atoms with van der Waals surface area (Å²) >= 11 is 1.53. The maximum absolute atomic E-state index is 14.2. The van der Waals surface area contributed by atoms with Gasteiger partial charge in [-0.15, -0.1) is 11.3 Å². The van der Waals surface area contributed by atoms with Crippen molar-refractivity contribution in [3.05, 3.63) is 16.6 Å². The zero-order chi connectivity index (χ0) is 31.4. The van der Waals surface area contributed by atoms with Gasteiger partial charge in [0.1, 0.15) is 12.1 Å². The Bertz CT molecular complexity index is 1130. The third kappa shape index (κ3) is 8.75. The number of rotatable bonds is 13. The molecular weight excluding hydrogens is 556 g/mol. The number of carbonyl (C=O) groups excluding carboxylic acids is 5. The summed E-state index contributed by atoms with van der Waals surface area (Å²) in [6.07, 6.45) is 5.13. The van der Waals surface area contributed by atoms with Gasteiger partial charge in [-0.1, -0.05) is 61.3 Å². The average molecular weight is 605 g/mol. The molecule has 12 heteroatoms. The molecule has 5 atom stereocenters. The normalized spacial score (nSPS) is 21.1. The van der Waals surface area contributed by atoms with E-state index in [9.17, 15) is 24.0 Å². The lowest BCUT2D eigenvalue weighted by atomic mass is 9.84. The van der Waals surface area contributed by atoms with Gasteiger partial charge in [-0.3, -0.25) is 19.2 Å². The monoisotopic (exact) mass is 604 g/mol. The van der Waals surface area contributed by atoms with E-state index < -0.39 is 47.2 Å². The molecule has 1 saturated carbocycles. The molecule has 1 aliphatic carbocycles. The zero-order valence-corrected chi connectivity index (χ0v) is 26.8. The minimum Gasteiger partial charge on any atom is -0.363 e. The topological polar surface area (TPSA) is 164 Å². The first kappa shape index (κ1) is 33.5. The van der Waals surface area contributed by atoms with Crippen molar-refractivity contribution in [3.63, 3.8) is 0 Å². The number of nitrogens with two attached hydrogens (primary N) is 1. The predicted molar refractivity (Wildman–Crippen MR) is 161 cm³/mol. The van der Waals surface area contributed by atoms with Gasteiger partial charge in [0.25, 0.3) is 5.91 Å². The second kappa shape index (κ2) is 14.0. The molecule has 1 aromatic rings. The molecule has 11 nitrogen and oxygen atoms in total. The maximum atomic E-state index is 14.2. The van der Waals surface area contributed by atoms with Gasteiger partial charge in [0.05, 0.1) is 11.0 Å². The number of hydrogen-bond acceptors (Lipinski definition) is 7. The summed E-state index contributed by atoms with van der Waals surface area (Å²) in [7, 11) is 0. The highest BCUT2D eigenvalue weighted by atomic mass is 32.1. The van der Waals surface area contributed by atoms with Crippen LogP contribution in [0.15, 0.2) is 11.6 Å². The van der Waals surface area contributed by atoms with E-state index in [-0.39, 0.29) is 35.6 Å². The molecule has 42 heavy (non-hydrogen) atoms. The Balaban J connectivity index is 1.80. The molecule has 2 heterocycles.